The molecule has 7 unspecified atom stereocenters. The number of hydrogen-bond donors (Lipinski definition) is 1. The lowest BCUT2D eigenvalue weighted by Crippen LogP contribution is -2.51. The van der Waals surface area contributed by atoms with Crippen LogP contribution in [-0.2, 0) is 54.1 Å². The fraction of sp³-hybridized carbons (Fsp3) is 0.667. The number of anilines is 2. The highest BCUT2D eigenvalue weighted by molar-refractivity contribution is 7.15. The Labute approximate surface area is 432 Å². The zero-order valence-electron chi connectivity index (χ0n) is 44.5. The SMILES string of the molecule is CC[C@H]1CCC[C@H](O[C@H]2CC[C@H](N(C)C)C(C)O2)[C@@H](C)C(=O)C2=C[C@@H]3C(c4nc(Nc5cccc(OCc6ccccc6)c5)sc4C4C[C@@H](OC(OC)C(OC)C(OC)C(OC)C(C)C)C[C@H]43)[C@@H]2CC(=O)O1. The van der Waals surface area contributed by atoms with Crippen LogP contribution < -0.4 is 10.1 Å². The van der Waals surface area contributed by atoms with Gasteiger partial charge in [-0.15, -0.1) is 11.3 Å². The maximum Gasteiger partial charge on any atom is 0.306 e. The van der Waals surface area contributed by atoms with Crippen molar-refractivity contribution in [3.8, 4) is 5.75 Å². The van der Waals surface area contributed by atoms with E-state index in [0.717, 1.165) is 52.0 Å². The smallest absolute Gasteiger partial charge is 0.306 e. The Morgan fingerprint density at radius 2 is 1.64 bits per heavy atom. The summed E-state index contributed by atoms with van der Waals surface area (Å²) in [6, 6.07) is 18.3. The molecule has 1 aromatic heterocycles. The van der Waals surface area contributed by atoms with Gasteiger partial charge in [-0.2, -0.15) is 0 Å². The van der Waals surface area contributed by atoms with E-state index >= 15 is 4.79 Å². The molecule has 72 heavy (non-hydrogen) atoms. The summed E-state index contributed by atoms with van der Waals surface area (Å²) >= 11 is 1.65. The molecule has 0 radical (unpaired) electrons. The van der Waals surface area contributed by atoms with Crippen molar-refractivity contribution in [1.82, 2.24) is 9.88 Å². The second kappa shape index (κ2) is 24.7. The van der Waals surface area contributed by atoms with Gasteiger partial charge >= 0.3 is 5.97 Å². The second-order valence-electron chi connectivity index (χ2n) is 21.3. The Kier molecular flexibility index (Phi) is 18.7. The number of likely N-dealkylation sites (N-methyl/N-ethyl adjacent to an activating group) is 1. The van der Waals surface area contributed by atoms with Crippen molar-refractivity contribution < 1.29 is 52.2 Å². The van der Waals surface area contributed by atoms with Gasteiger partial charge < -0.3 is 52.8 Å². The van der Waals surface area contributed by atoms with Crippen LogP contribution in [0.4, 0.5) is 10.8 Å². The Morgan fingerprint density at radius 1 is 0.875 bits per heavy atom. The van der Waals surface area contributed by atoms with E-state index in [1.807, 2.05) is 61.5 Å². The van der Waals surface area contributed by atoms with Crippen molar-refractivity contribution >= 4 is 33.9 Å². The standard InChI is InChI=1S/C57H81N3O11S/c1-12-37-21-17-23-46(71-48-25-24-45(60(6)7)34(5)68-48)33(4)51(62)43-29-41-40-27-39(70-56(66-11)54(65-10)53(64-9)52(63-8)32(2)3)28-44(40)55-50(49(41)42(43)30-47(61)69-37)59-57(72-55)58-36-20-16-22-38(26-36)67-31-35-18-14-13-15-19-35/h13-16,18-20,22,26,29,32-34,37,39-42,44-46,48-49,52-54,56H,12,17,21,23-25,27-28,30-31H2,1-11H3,(H,58,59)/t33-,34?,37+,39+,40+,41+,42-,44?,45+,46+,48+,49?,52?,53?,54?,56?/m1/s1. The van der Waals surface area contributed by atoms with Crippen molar-refractivity contribution in [2.75, 3.05) is 47.9 Å². The molecule has 14 nitrogen and oxygen atoms in total. The molecule has 0 bridgehead atoms. The van der Waals surface area contributed by atoms with Crippen molar-refractivity contribution in [2.45, 2.75) is 172 Å². The van der Waals surface area contributed by atoms with Gasteiger partial charge in [-0.3, -0.25) is 9.59 Å². The van der Waals surface area contributed by atoms with Crippen molar-refractivity contribution in [3.05, 3.63) is 82.4 Å². The molecule has 0 spiro atoms. The molecule has 0 amide bonds. The lowest BCUT2D eigenvalue weighted by Gasteiger charge is -2.40. The number of fused-ring (bicyclic) bond motifs is 8. The normalized spacial score (nSPS) is 31.5. The number of aromatic nitrogens is 1. The van der Waals surface area contributed by atoms with Crippen LogP contribution in [0, 0.1) is 29.6 Å². The highest BCUT2D eigenvalue weighted by atomic mass is 32.1. The molecule has 3 aromatic rings. The fourth-order valence-electron chi connectivity index (χ4n) is 12.6. The number of methoxy groups -OCH3 is 4. The third-order valence-electron chi connectivity index (χ3n) is 16.3. The molecule has 2 aromatic carbocycles. The Bertz CT molecular complexity index is 2270. The average molecular weight is 1020 g/mol. The molecule has 3 aliphatic carbocycles. The largest absolute Gasteiger partial charge is 0.489 e. The maximum atomic E-state index is 15.4. The summed E-state index contributed by atoms with van der Waals surface area (Å²) in [5.41, 5.74) is 3.54. The number of Topliss-reactive ketones (excluding diaryl/α,β-unsaturated/α-hetero) is 1. The average Bonchev–Trinajstić information content (AvgIpc) is 4.09. The van der Waals surface area contributed by atoms with Gasteiger partial charge in [-0.25, -0.2) is 4.98 Å². The number of ether oxygens (including phenoxy) is 9. The van der Waals surface area contributed by atoms with Gasteiger partial charge in [-0.05, 0) is 113 Å². The number of rotatable bonds is 19. The van der Waals surface area contributed by atoms with Gasteiger partial charge in [0.05, 0.1) is 36.5 Å². The first-order valence-corrected chi connectivity index (χ1v) is 27.3. The fourth-order valence-corrected chi connectivity index (χ4v) is 13.9. The van der Waals surface area contributed by atoms with Gasteiger partial charge in [0, 0.05) is 74.8 Å². The summed E-state index contributed by atoms with van der Waals surface area (Å²) in [5.74, 6) is -0.472. The topological polar surface area (TPSA) is 145 Å². The van der Waals surface area contributed by atoms with Crippen LogP contribution in [0.3, 0.4) is 0 Å². The number of hydrogen-bond acceptors (Lipinski definition) is 15. The van der Waals surface area contributed by atoms with Crippen LogP contribution in [0.1, 0.15) is 120 Å². The first-order valence-electron chi connectivity index (χ1n) is 26.5. The van der Waals surface area contributed by atoms with Crippen molar-refractivity contribution in [1.29, 1.82) is 0 Å². The third kappa shape index (κ3) is 12.2. The summed E-state index contributed by atoms with van der Waals surface area (Å²) < 4.78 is 57.1. The molecule has 5 aliphatic rings. The molecule has 3 heterocycles. The highest BCUT2D eigenvalue weighted by Crippen LogP contribution is 2.63. The molecule has 8 rings (SSSR count). The summed E-state index contributed by atoms with van der Waals surface area (Å²) in [7, 11) is 10.8. The lowest BCUT2D eigenvalue weighted by atomic mass is 9.67. The molecular weight excluding hydrogens is 935 g/mol. The number of nitrogens with one attached hydrogen (secondary N) is 1. The van der Waals surface area contributed by atoms with E-state index in [1.54, 1.807) is 39.8 Å². The van der Waals surface area contributed by atoms with Gasteiger partial charge in [-0.1, -0.05) is 70.2 Å². The number of allylic oxidation sites excluding steroid dienone is 2. The summed E-state index contributed by atoms with van der Waals surface area (Å²) in [6.07, 6.45) is 4.91. The zero-order valence-corrected chi connectivity index (χ0v) is 45.3. The molecule has 396 valence electrons. The number of esters is 1. The lowest BCUT2D eigenvalue weighted by molar-refractivity contribution is -0.246. The number of ketones is 1. The molecule has 2 aliphatic heterocycles. The van der Waals surface area contributed by atoms with Crippen molar-refractivity contribution in [2.24, 2.45) is 29.6 Å². The zero-order chi connectivity index (χ0) is 51.2. The minimum atomic E-state index is -0.755. The summed E-state index contributed by atoms with van der Waals surface area (Å²) in [4.78, 5) is 38.5. The van der Waals surface area contributed by atoms with Crippen LogP contribution in [0.25, 0.3) is 0 Å². The quantitative estimate of drug-likeness (QED) is 0.0898. The first-order chi connectivity index (χ1) is 34.7. The predicted octanol–water partition coefficient (Wildman–Crippen LogP) is 10.2. The van der Waals surface area contributed by atoms with Gasteiger partial charge in [0.2, 0.25) is 0 Å². The highest BCUT2D eigenvalue weighted by Gasteiger charge is 2.56. The third-order valence-corrected chi connectivity index (χ3v) is 17.4. The predicted molar refractivity (Wildman–Crippen MR) is 278 cm³/mol. The number of benzene rings is 2. The number of thiazole rings is 1. The number of carbonyl (C=O) groups excluding carboxylic acids is 2. The Hall–Kier alpha value is -3.77. The van der Waals surface area contributed by atoms with Gasteiger partial charge in [0.1, 0.15) is 30.7 Å². The van der Waals surface area contributed by atoms with E-state index in [4.69, 9.17) is 47.6 Å². The van der Waals surface area contributed by atoms with E-state index < -0.39 is 36.6 Å². The summed E-state index contributed by atoms with van der Waals surface area (Å²) in [6.45, 7) is 10.8. The molecule has 15 heteroatoms. The summed E-state index contributed by atoms with van der Waals surface area (Å²) in [5, 5.41) is 4.37. The van der Waals surface area contributed by atoms with E-state index in [9.17, 15) is 4.79 Å². The minimum Gasteiger partial charge on any atom is -0.489 e. The monoisotopic (exact) mass is 1020 g/mol. The number of nitrogens with zero attached hydrogens (tertiary/aromatic N) is 2. The molecule has 1 saturated carbocycles. The van der Waals surface area contributed by atoms with E-state index in [2.05, 4.69) is 58.1 Å². The van der Waals surface area contributed by atoms with Crippen LogP contribution in [-0.4, -0.2) is 126 Å². The maximum absolute atomic E-state index is 15.4. The Balaban J connectivity index is 1.13. The molecular formula is C57H81N3O11S. The Morgan fingerprint density at radius 3 is 2.32 bits per heavy atom. The van der Waals surface area contributed by atoms with E-state index in [1.165, 1.54) is 0 Å². The second-order valence-corrected chi connectivity index (χ2v) is 22.4. The molecule has 2 saturated heterocycles. The minimum absolute atomic E-state index is 0.0102. The van der Waals surface area contributed by atoms with Crippen LogP contribution in [0.15, 0.2) is 66.2 Å². The molecule has 16 atom stereocenters. The first kappa shape index (κ1) is 54.5. The number of carbonyl (C=O) groups is 2. The van der Waals surface area contributed by atoms with E-state index in [0.29, 0.717) is 50.3 Å². The van der Waals surface area contributed by atoms with Crippen molar-refractivity contribution in [3.63, 3.8) is 0 Å². The van der Waals surface area contributed by atoms with Gasteiger partial charge in [0.15, 0.2) is 23.5 Å². The van der Waals surface area contributed by atoms with Gasteiger partial charge in [0.25, 0.3) is 0 Å². The molecule has 1 N–H and O–H groups in total. The van der Waals surface area contributed by atoms with Crippen LogP contribution in [0.2, 0.25) is 0 Å². The van der Waals surface area contributed by atoms with E-state index in [-0.39, 0.29) is 78.3 Å². The van der Waals surface area contributed by atoms with Crippen LogP contribution >= 0.6 is 11.3 Å². The molecule has 3 fully saturated rings. The number of cyclic esters (lactones) is 1. The van der Waals surface area contributed by atoms with Crippen LogP contribution in [0.5, 0.6) is 5.75 Å².